The summed E-state index contributed by atoms with van der Waals surface area (Å²) in [5.41, 5.74) is 3.41. The van der Waals surface area contributed by atoms with Crippen molar-refractivity contribution in [3.63, 3.8) is 0 Å². The third-order valence-electron chi connectivity index (χ3n) is 3.43. The number of nitrogens with one attached hydrogen (secondary N) is 1. The second kappa shape index (κ2) is 6.83. The van der Waals surface area contributed by atoms with E-state index in [4.69, 9.17) is 0 Å². The van der Waals surface area contributed by atoms with E-state index < -0.39 is 0 Å². The van der Waals surface area contributed by atoms with Gasteiger partial charge in [0, 0.05) is 29.2 Å². The predicted molar refractivity (Wildman–Crippen MR) is 87.2 cm³/mol. The summed E-state index contributed by atoms with van der Waals surface area (Å²) in [4.78, 5) is 10.4. The van der Waals surface area contributed by atoms with Gasteiger partial charge in [0.1, 0.15) is 0 Å². The Kier molecular flexibility index (Phi) is 5.09. The Morgan fingerprint density at radius 2 is 2.05 bits per heavy atom. The molecule has 5 heteroatoms. The van der Waals surface area contributed by atoms with E-state index in [0.29, 0.717) is 6.54 Å². The van der Waals surface area contributed by atoms with Gasteiger partial charge in [0.05, 0.1) is 4.92 Å². The largest absolute Gasteiger partial charge is 0.306 e. The lowest BCUT2D eigenvalue weighted by Crippen LogP contribution is -2.18. The van der Waals surface area contributed by atoms with Crippen molar-refractivity contribution in [2.75, 3.05) is 0 Å². The zero-order chi connectivity index (χ0) is 15.4. The lowest BCUT2D eigenvalue weighted by atomic mass is 10.1. The van der Waals surface area contributed by atoms with Gasteiger partial charge in [-0.1, -0.05) is 40.2 Å². The van der Waals surface area contributed by atoms with Crippen LogP contribution in [-0.4, -0.2) is 4.92 Å². The summed E-state index contributed by atoms with van der Waals surface area (Å²) >= 11 is 3.52. The second-order valence-corrected chi connectivity index (χ2v) is 5.89. The van der Waals surface area contributed by atoms with E-state index in [9.17, 15) is 10.1 Å². The molecule has 2 aromatic rings. The number of hydrogen-bond donors (Lipinski definition) is 1. The molecule has 0 saturated carbocycles. The van der Waals surface area contributed by atoms with Crippen LogP contribution >= 0.6 is 15.9 Å². The van der Waals surface area contributed by atoms with Crippen molar-refractivity contribution >= 4 is 21.6 Å². The van der Waals surface area contributed by atoms with Crippen molar-refractivity contribution in [3.8, 4) is 0 Å². The highest BCUT2D eigenvalue weighted by atomic mass is 79.9. The van der Waals surface area contributed by atoms with Gasteiger partial charge >= 0.3 is 0 Å². The molecule has 0 radical (unpaired) electrons. The van der Waals surface area contributed by atoms with Gasteiger partial charge < -0.3 is 5.32 Å². The van der Waals surface area contributed by atoms with Gasteiger partial charge in [0.25, 0.3) is 5.69 Å². The molecule has 0 fully saturated rings. The van der Waals surface area contributed by atoms with Gasteiger partial charge in [0.15, 0.2) is 0 Å². The number of hydrogen-bond acceptors (Lipinski definition) is 3. The topological polar surface area (TPSA) is 55.2 Å². The molecule has 0 saturated heterocycles. The van der Waals surface area contributed by atoms with Gasteiger partial charge in [-0.15, -0.1) is 0 Å². The summed E-state index contributed by atoms with van der Waals surface area (Å²) in [5.74, 6) is 0. The minimum absolute atomic E-state index is 0.0463. The van der Waals surface area contributed by atoms with Crippen LogP contribution in [0.3, 0.4) is 0 Å². The summed E-state index contributed by atoms with van der Waals surface area (Å²) in [5, 5.41) is 14.2. The summed E-state index contributed by atoms with van der Waals surface area (Å²) in [6, 6.07) is 13.0. The Hall–Kier alpha value is -1.72. The molecule has 0 aliphatic rings. The number of rotatable bonds is 5. The first-order valence-electron chi connectivity index (χ1n) is 6.70. The molecule has 1 N–H and O–H groups in total. The molecule has 21 heavy (non-hydrogen) atoms. The maximum atomic E-state index is 10.8. The molecule has 0 aromatic heterocycles. The van der Waals surface area contributed by atoms with E-state index in [-0.39, 0.29) is 16.7 Å². The van der Waals surface area contributed by atoms with Crippen LogP contribution in [0.15, 0.2) is 46.9 Å². The molecule has 2 aromatic carbocycles. The van der Waals surface area contributed by atoms with Crippen molar-refractivity contribution in [1.82, 2.24) is 5.32 Å². The monoisotopic (exact) mass is 348 g/mol. The maximum Gasteiger partial charge on any atom is 0.269 e. The smallest absolute Gasteiger partial charge is 0.269 e. The summed E-state index contributed by atoms with van der Waals surface area (Å²) in [7, 11) is 0. The molecule has 0 bridgehead atoms. The molecule has 0 heterocycles. The number of halogens is 1. The number of nitro benzene ring substituents is 1. The zero-order valence-corrected chi connectivity index (χ0v) is 13.6. The van der Waals surface area contributed by atoms with Gasteiger partial charge in [0.2, 0.25) is 0 Å². The fourth-order valence-electron chi connectivity index (χ4n) is 2.04. The van der Waals surface area contributed by atoms with E-state index in [1.165, 1.54) is 17.2 Å². The van der Waals surface area contributed by atoms with Crippen LogP contribution in [0.1, 0.15) is 29.7 Å². The maximum absolute atomic E-state index is 10.8. The molecule has 0 spiro atoms. The molecule has 0 amide bonds. The molecule has 4 nitrogen and oxygen atoms in total. The van der Waals surface area contributed by atoms with Crippen LogP contribution in [0.4, 0.5) is 5.69 Å². The fourth-order valence-corrected chi connectivity index (χ4v) is 2.47. The highest BCUT2D eigenvalue weighted by Crippen LogP contribution is 2.21. The molecule has 0 aliphatic carbocycles. The number of nitro groups is 1. The van der Waals surface area contributed by atoms with E-state index >= 15 is 0 Å². The van der Waals surface area contributed by atoms with Crippen LogP contribution < -0.4 is 5.32 Å². The lowest BCUT2D eigenvalue weighted by molar-refractivity contribution is -0.384. The molecule has 1 unspecified atom stereocenters. The number of nitrogens with zero attached hydrogens (tertiary/aromatic N) is 1. The SMILES string of the molecule is Cc1ccc(CNC(C)c2cccc([N+](=O)[O-])c2)cc1Br. The highest BCUT2D eigenvalue weighted by Gasteiger charge is 2.10. The van der Waals surface area contributed by atoms with Crippen molar-refractivity contribution in [1.29, 1.82) is 0 Å². The predicted octanol–water partition coefficient (Wildman–Crippen LogP) is 4.52. The Bertz CT molecular complexity index is 658. The van der Waals surface area contributed by atoms with E-state index in [2.05, 4.69) is 39.4 Å². The van der Waals surface area contributed by atoms with E-state index in [0.717, 1.165) is 10.0 Å². The Balaban J connectivity index is 2.04. The first-order chi connectivity index (χ1) is 9.97. The quantitative estimate of drug-likeness (QED) is 0.638. The molecular formula is C16H17BrN2O2. The zero-order valence-electron chi connectivity index (χ0n) is 12.0. The summed E-state index contributed by atoms with van der Waals surface area (Å²) < 4.78 is 1.09. The van der Waals surface area contributed by atoms with Crippen LogP contribution in [0.5, 0.6) is 0 Å². The number of benzene rings is 2. The van der Waals surface area contributed by atoms with Crippen LogP contribution in [0.2, 0.25) is 0 Å². The third-order valence-corrected chi connectivity index (χ3v) is 4.28. The molecule has 1 atom stereocenters. The van der Waals surface area contributed by atoms with Gasteiger partial charge in [-0.3, -0.25) is 10.1 Å². The highest BCUT2D eigenvalue weighted by molar-refractivity contribution is 9.10. The third kappa shape index (κ3) is 4.12. The minimum Gasteiger partial charge on any atom is -0.306 e. The van der Waals surface area contributed by atoms with E-state index in [1.807, 2.05) is 19.9 Å². The standard InChI is InChI=1S/C16H17BrN2O2/c1-11-6-7-13(8-16(11)17)10-18-12(2)14-4-3-5-15(9-14)19(20)21/h3-9,12,18H,10H2,1-2H3. The number of non-ortho nitro benzene ring substituents is 1. The Morgan fingerprint density at radius 1 is 1.29 bits per heavy atom. The van der Waals surface area contributed by atoms with Crippen LogP contribution in [-0.2, 0) is 6.54 Å². The average Bonchev–Trinajstić information content (AvgIpc) is 2.48. The summed E-state index contributed by atoms with van der Waals surface area (Å²) in [6.45, 7) is 4.76. The lowest BCUT2D eigenvalue weighted by Gasteiger charge is -2.14. The van der Waals surface area contributed by atoms with Crippen LogP contribution in [0, 0.1) is 17.0 Å². The fraction of sp³-hybridized carbons (Fsp3) is 0.250. The summed E-state index contributed by atoms with van der Waals surface area (Å²) in [6.07, 6.45) is 0. The van der Waals surface area contributed by atoms with Crippen LogP contribution in [0.25, 0.3) is 0 Å². The second-order valence-electron chi connectivity index (χ2n) is 5.04. The van der Waals surface area contributed by atoms with Crippen molar-refractivity contribution in [2.24, 2.45) is 0 Å². The average molecular weight is 349 g/mol. The minimum atomic E-state index is -0.368. The van der Waals surface area contributed by atoms with Gasteiger partial charge in [-0.25, -0.2) is 0 Å². The molecule has 0 aliphatic heterocycles. The van der Waals surface area contributed by atoms with Crippen molar-refractivity contribution in [2.45, 2.75) is 26.4 Å². The normalized spacial score (nSPS) is 12.1. The first-order valence-corrected chi connectivity index (χ1v) is 7.49. The van der Waals surface area contributed by atoms with Crippen molar-refractivity contribution in [3.05, 3.63) is 73.7 Å². The molecule has 110 valence electrons. The van der Waals surface area contributed by atoms with Gasteiger partial charge in [-0.2, -0.15) is 0 Å². The first kappa shape index (κ1) is 15.7. The van der Waals surface area contributed by atoms with E-state index in [1.54, 1.807) is 12.1 Å². The Labute approximate surface area is 132 Å². The number of aryl methyl sites for hydroxylation is 1. The molecule has 2 rings (SSSR count). The van der Waals surface area contributed by atoms with Crippen molar-refractivity contribution < 1.29 is 4.92 Å². The Morgan fingerprint density at radius 3 is 2.71 bits per heavy atom. The molecular weight excluding hydrogens is 332 g/mol. The van der Waals surface area contributed by atoms with Gasteiger partial charge in [-0.05, 0) is 36.6 Å².